The van der Waals surface area contributed by atoms with E-state index in [2.05, 4.69) is 10.3 Å². The van der Waals surface area contributed by atoms with Crippen LogP contribution in [-0.2, 0) is 21.9 Å². The first-order chi connectivity index (χ1) is 20.0. The first kappa shape index (κ1) is 26.5. The normalized spacial score (nSPS) is 15.7. The number of carbonyl (C=O) groups is 2. The molecular formula is C30H26N6O4S. The SMILES string of the molecule is COc1ccc(CNC(=O)CCC2N=C3c4ccccc4N=C(SCc4cc(=O)n5ccccc5n4)N3C2=O)cc1. The van der Waals surface area contributed by atoms with E-state index in [1.54, 1.807) is 25.4 Å². The minimum Gasteiger partial charge on any atom is -0.497 e. The predicted molar refractivity (Wildman–Crippen MR) is 158 cm³/mol. The number of amidine groups is 2. The van der Waals surface area contributed by atoms with Gasteiger partial charge in [-0.1, -0.05) is 42.1 Å². The average Bonchev–Trinajstić information content (AvgIpc) is 3.34. The Hall–Kier alpha value is -4.77. The molecule has 6 rings (SSSR count). The molecule has 4 heterocycles. The van der Waals surface area contributed by atoms with Crippen molar-refractivity contribution in [1.29, 1.82) is 0 Å². The number of rotatable bonds is 8. The van der Waals surface area contributed by atoms with Crippen LogP contribution in [0, 0.1) is 0 Å². The maximum atomic E-state index is 13.6. The molecule has 2 aliphatic heterocycles. The zero-order valence-electron chi connectivity index (χ0n) is 22.2. The van der Waals surface area contributed by atoms with Gasteiger partial charge < -0.3 is 10.1 Å². The Morgan fingerprint density at radius 2 is 1.85 bits per heavy atom. The van der Waals surface area contributed by atoms with Crippen LogP contribution in [0.1, 0.15) is 29.7 Å². The Morgan fingerprint density at radius 3 is 2.68 bits per heavy atom. The Morgan fingerprint density at radius 1 is 1.05 bits per heavy atom. The average molecular weight is 567 g/mol. The van der Waals surface area contributed by atoms with E-state index >= 15 is 0 Å². The lowest BCUT2D eigenvalue weighted by molar-refractivity contribution is -0.125. The second-order valence-corrected chi connectivity index (χ2v) is 10.5. The van der Waals surface area contributed by atoms with E-state index in [0.717, 1.165) is 16.9 Å². The van der Waals surface area contributed by atoms with Crippen LogP contribution in [0.25, 0.3) is 5.65 Å². The zero-order valence-corrected chi connectivity index (χ0v) is 23.0. The van der Waals surface area contributed by atoms with Crippen molar-refractivity contribution in [2.45, 2.75) is 31.2 Å². The number of hydrogen-bond donors (Lipinski definition) is 1. The minimum atomic E-state index is -0.697. The first-order valence-corrected chi connectivity index (χ1v) is 14.1. The number of para-hydroxylation sites is 1. The van der Waals surface area contributed by atoms with Crippen LogP contribution in [0.2, 0.25) is 0 Å². The number of aliphatic imine (C=N–C) groups is 2. The molecule has 2 aromatic carbocycles. The van der Waals surface area contributed by atoms with Crippen molar-refractivity contribution in [3.05, 3.63) is 106 Å². The molecule has 1 N–H and O–H groups in total. The molecule has 4 aromatic rings. The van der Waals surface area contributed by atoms with Gasteiger partial charge in [-0.15, -0.1) is 0 Å². The molecule has 1 unspecified atom stereocenters. The number of amides is 2. The molecule has 11 heteroatoms. The van der Waals surface area contributed by atoms with Crippen molar-refractivity contribution in [2.75, 3.05) is 7.11 Å². The van der Waals surface area contributed by atoms with Crippen LogP contribution in [0.5, 0.6) is 5.75 Å². The summed E-state index contributed by atoms with van der Waals surface area (Å²) in [6.07, 6.45) is 2.11. The topological polar surface area (TPSA) is 118 Å². The lowest BCUT2D eigenvalue weighted by Gasteiger charge is -2.25. The van der Waals surface area contributed by atoms with Gasteiger partial charge in [-0.05, 0) is 48.4 Å². The van der Waals surface area contributed by atoms with Crippen molar-refractivity contribution in [1.82, 2.24) is 19.6 Å². The van der Waals surface area contributed by atoms with Crippen LogP contribution in [0.3, 0.4) is 0 Å². The standard InChI is InChI=1S/C30H26N6O4S/c1-40-21-11-9-19(10-12-21)17-31-26(37)14-13-24-29(39)36-28(33-24)22-6-2-3-7-23(22)34-30(36)41-18-20-16-27(38)35-15-5-4-8-25(35)32-20/h2-12,15-16,24H,13-14,17-18H2,1H3,(H,31,37). The van der Waals surface area contributed by atoms with Gasteiger partial charge in [0.25, 0.3) is 11.5 Å². The van der Waals surface area contributed by atoms with Gasteiger partial charge in [-0.25, -0.2) is 14.9 Å². The second kappa shape index (κ2) is 11.4. The largest absolute Gasteiger partial charge is 0.497 e. The van der Waals surface area contributed by atoms with Crippen LogP contribution >= 0.6 is 11.8 Å². The number of thioether (sulfide) groups is 1. The molecule has 0 fully saturated rings. The van der Waals surface area contributed by atoms with E-state index < -0.39 is 6.04 Å². The Labute approximate surface area is 239 Å². The summed E-state index contributed by atoms with van der Waals surface area (Å²) in [7, 11) is 1.61. The maximum Gasteiger partial charge on any atom is 0.259 e. The molecule has 2 aromatic heterocycles. The number of ether oxygens (including phenoxy) is 1. The Balaban J connectivity index is 1.15. The summed E-state index contributed by atoms with van der Waals surface area (Å²) < 4.78 is 6.65. The van der Waals surface area contributed by atoms with E-state index in [-0.39, 0.29) is 30.2 Å². The highest BCUT2D eigenvalue weighted by molar-refractivity contribution is 8.13. The number of nitrogens with one attached hydrogen (secondary N) is 1. The molecule has 2 amide bonds. The third-order valence-electron chi connectivity index (χ3n) is 6.81. The highest BCUT2D eigenvalue weighted by Crippen LogP contribution is 2.35. The fraction of sp³-hybridized carbons (Fsp3) is 0.200. The highest BCUT2D eigenvalue weighted by Gasteiger charge is 2.41. The number of aromatic nitrogens is 2. The van der Waals surface area contributed by atoms with Crippen molar-refractivity contribution in [3.8, 4) is 5.75 Å². The summed E-state index contributed by atoms with van der Waals surface area (Å²) in [5.74, 6) is 1.24. The lowest BCUT2D eigenvalue weighted by atomic mass is 10.1. The summed E-state index contributed by atoms with van der Waals surface area (Å²) in [5.41, 5.74) is 3.39. The summed E-state index contributed by atoms with van der Waals surface area (Å²) in [4.78, 5) is 54.3. The monoisotopic (exact) mass is 566 g/mol. The predicted octanol–water partition coefficient (Wildman–Crippen LogP) is 3.69. The van der Waals surface area contributed by atoms with Gasteiger partial charge in [0.1, 0.15) is 23.3 Å². The molecule has 0 saturated heterocycles. The minimum absolute atomic E-state index is 0.156. The molecule has 2 aliphatic rings. The van der Waals surface area contributed by atoms with E-state index in [1.807, 2.05) is 54.6 Å². The van der Waals surface area contributed by atoms with E-state index in [9.17, 15) is 14.4 Å². The Bertz CT molecular complexity index is 1770. The highest BCUT2D eigenvalue weighted by atomic mass is 32.2. The number of nitrogens with zero attached hydrogens (tertiary/aromatic N) is 5. The van der Waals surface area contributed by atoms with Gasteiger partial charge in [-0.3, -0.25) is 23.8 Å². The van der Waals surface area contributed by atoms with E-state index in [1.165, 1.54) is 27.1 Å². The quantitative estimate of drug-likeness (QED) is 0.348. The molecule has 0 spiro atoms. The smallest absolute Gasteiger partial charge is 0.259 e. The van der Waals surface area contributed by atoms with Gasteiger partial charge >= 0.3 is 0 Å². The third kappa shape index (κ3) is 5.48. The summed E-state index contributed by atoms with van der Waals surface area (Å²) >= 11 is 1.32. The number of carbonyl (C=O) groups excluding carboxylic acids is 2. The molecule has 0 aliphatic carbocycles. The first-order valence-electron chi connectivity index (χ1n) is 13.1. The fourth-order valence-corrected chi connectivity index (χ4v) is 5.60. The summed E-state index contributed by atoms with van der Waals surface area (Å²) in [6.45, 7) is 0.384. The molecule has 41 heavy (non-hydrogen) atoms. The lowest BCUT2D eigenvalue weighted by Crippen LogP contribution is -2.41. The molecule has 206 valence electrons. The van der Waals surface area contributed by atoms with Crippen molar-refractivity contribution < 1.29 is 14.3 Å². The van der Waals surface area contributed by atoms with Crippen molar-refractivity contribution >= 4 is 45.9 Å². The second-order valence-electron chi connectivity index (χ2n) is 9.52. The third-order valence-corrected chi connectivity index (χ3v) is 7.79. The van der Waals surface area contributed by atoms with Crippen molar-refractivity contribution in [2.24, 2.45) is 9.98 Å². The molecule has 0 bridgehead atoms. The molecular weight excluding hydrogens is 540 g/mol. The van der Waals surface area contributed by atoms with Gasteiger partial charge in [0, 0.05) is 36.5 Å². The number of fused-ring (bicyclic) bond motifs is 4. The van der Waals surface area contributed by atoms with Crippen LogP contribution in [0.15, 0.2) is 93.8 Å². The zero-order chi connectivity index (χ0) is 28.3. The van der Waals surface area contributed by atoms with Gasteiger partial charge in [0.05, 0.1) is 18.5 Å². The number of pyridine rings is 1. The fourth-order valence-electron chi connectivity index (χ4n) is 4.70. The maximum absolute atomic E-state index is 13.6. The Kier molecular flexibility index (Phi) is 7.34. The molecule has 10 nitrogen and oxygen atoms in total. The number of methoxy groups -OCH3 is 1. The number of benzene rings is 2. The molecule has 0 radical (unpaired) electrons. The van der Waals surface area contributed by atoms with Gasteiger partial charge in [0.2, 0.25) is 5.91 Å². The summed E-state index contributed by atoms with van der Waals surface area (Å²) in [5, 5.41) is 3.37. The molecule has 0 saturated carbocycles. The van der Waals surface area contributed by atoms with Gasteiger partial charge in [-0.2, -0.15) is 0 Å². The van der Waals surface area contributed by atoms with Gasteiger partial charge in [0.15, 0.2) is 5.17 Å². The van der Waals surface area contributed by atoms with Crippen LogP contribution in [0.4, 0.5) is 5.69 Å². The molecule has 1 atom stereocenters. The van der Waals surface area contributed by atoms with Crippen molar-refractivity contribution in [3.63, 3.8) is 0 Å². The summed E-state index contributed by atoms with van der Waals surface area (Å²) in [6, 6.07) is 21.2. The van der Waals surface area contributed by atoms with Crippen LogP contribution < -0.4 is 15.6 Å². The van der Waals surface area contributed by atoms with Crippen LogP contribution in [-0.4, -0.2) is 50.3 Å². The number of hydrogen-bond acceptors (Lipinski definition) is 8. The van der Waals surface area contributed by atoms with E-state index in [4.69, 9.17) is 14.7 Å². The van der Waals surface area contributed by atoms with E-state index in [0.29, 0.717) is 40.3 Å².